The third-order valence-corrected chi connectivity index (χ3v) is 1.53. The maximum absolute atomic E-state index is 5.56. The van der Waals surface area contributed by atoms with E-state index in [1.165, 1.54) is 0 Å². The maximum Gasteiger partial charge on any atom is 0.126 e. The highest BCUT2D eigenvalue weighted by Crippen LogP contribution is 2.11. The van der Waals surface area contributed by atoms with E-state index < -0.39 is 0 Å². The molecule has 0 bridgehead atoms. The molecule has 53 valence electrons. The van der Waals surface area contributed by atoms with Gasteiger partial charge >= 0.3 is 0 Å². The van der Waals surface area contributed by atoms with Crippen LogP contribution in [0.5, 0.6) is 5.75 Å². The van der Waals surface area contributed by atoms with Gasteiger partial charge in [0.25, 0.3) is 0 Å². The van der Waals surface area contributed by atoms with Crippen LogP contribution in [0.3, 0.4) is 0 Å². The number of methoxy groups -OCH3 is 1. The first-order valence-corrected chi connectivity index (χ1v) is 3.51. The van der Waals surface area contributed by atoms with E-state index in [4.69, 9.17) is 16.3 Å². The monoisotopic (exact) mass is 155 g/mol. The van der Waals surface area contributed by atoms with Gasteiger partial charge in [-0.25, -0.2) is 0 Å². The lowest BCUT2D eigenvalue weighted by Gasteiger charge is -1.97. The molecule has 0 aliphatic rings. The molecule has 1 aromatic rings. The Morgan fingerprint density at radius 1 is 1.60 bits per heavy atom. The number of rotatable bonds is 2. The Morgan fingerprint density at radius 2 is 2.40 bits per heavy atom. The molecule has 0 heterocycles. The van der Waals surface area contributed by atoms with Crippen LogP contribution in [0.25, 0.3) is 0 Å². The Balaban J connectivity index is 2.80. The van der Waals surface area contributed by atoms with Gasteiger partial charge in [0, 0.05) is 11.9 Å². The lowest BCUT2D eigenvalue weighted by Crippen LogP contribution is -1.82. The van der Waals surface area contributed by atoms with Crippen molar-refractivity contribution in [3.05, 3.63) is 29.8 Å². The first-order valence-electron chi connectivity index (χ1n) is 2.97. The van der Waals surface area contributed by atoms with Crippen molar-refractivity contribution in [1.82, 2.24) is 0 Å². The van der Waals surface area contributed by atoms with Gasteiger partial charge in [0.05, 0.1) is 7.11 Å². The highest BCUT2D eigenvalue weighted by Gasteiger charge is 1.90. The average molecular weight is 156 g/mol. The van der Waals surface area contributed by atoms with Gasteiger partial charge in [-0.15, -0.1) is 11.6 Å². The molecule has 1 rings (SSSR count). The average Bonchev–Trinajstić information content (AvgIpc) is 2.05. The third kappa shape index (κ3) is 1.64. The highest BCUT2D eigenvalue weighted by atomic mass is 35.5. The van der Waals surface area contributed by atoms with Crippen LogP contribution < -0.4 is 4.74 Å². The van der Waals surface area contributed by atoms with E-state index in [9.17, 15) is 0 Å². The summed E-state index contributed by atoms with van der Waals surface area (Å²) >= 11 is 5.56. The number of benzene rings is 1. The summed E-state index contributed by atoms with van der Waals surface area (Å²) in [6, 6.07) is 8.52. The minimum absolute atomic E-state index is 0.528. The molecule has 0 aliphatic carbocycles. The predicted octanol–water partition coefficient (Wildman–Crippen LogP) is 2.23. The summed E-state index contributed by atoms with van der Waals surface area (Å²) in [6.45, 7) is 0. The van der Waals surface area contributed by atoms with E-state index in [0.29, 0.717) is 5.88 Å². The zero-order valence-corrected chi connectivity index (χ0v) is 6.48. The van der Waals surface area contributed by atoms with Gasteiger partial charge < -0.3 is 4.74 Å². The van der Waals surface area contributed by atoms with Crippen molar-refractivity contribution in [2.75, 3.05) is 7.11 Å². The highest BCUT2D eigenvalue weighted by molar-refractivity contribution is 6.17. The smallest absolute Gasteiger partial charge is 0.126 e. The second-order valence-electron chi connectivity index (χ2n) is 1.90. The van der Waals surface area contributed by atoms with Gasteiger partial charge in [-0.1, -0.05) is 6.07 Å². The first kappa shape index (κ1) is 7.42. The molecule has 0 fully saturated rings. The molecule has 10 heavy (non-hydrogen) atoms. The molecule has 1 nitrogen and oxygen atoms in total. The minimum Gasteiger partial charge on any atom is -0.496 e. The minimum atomic E-state index is 0.528. The molecule has 0 saturated heterocycles. The molecule has 1 aromatic carbocycles. The van der Waals surface area contributed by atoms with Crippen LogP contribution in [0.4, 0.5) is 0 Å². The molecular formula is C8H8ClO. The van der Waals surface area contributed by atoms with Gasteiger partial charge in [-0.2, -0.15) is 0 Å². The van der Waals surface area contributed by atoms with Crippen molar-refractivity contribution in [2.24, 2.45) is 0 Å². The fraction of sp³-hybridized carbons (Fsp3) is 0.250. The molecular weight excluding hydrogens is 148 g/mol. The fourth-order valence-electron chi connectivity index (χ4n) is 0.653. The second kappa shape index (κ2) is 3.47. The van der Waals surface area contributed by atoms with Crippen molar-refractivity contribution in [3.63, 3.8) is 0 Å². The molecule has 2 heteroatoms. The lowest BCUT2D eigenvalue weighted by molar-refractivity contribution is 0.414. The Kier molecular flexibility index (Phi) is 2.57. The summed E-state index contributed by atoms with van der Waals surface area (Å²) in [6.07, 6.45) is 0. The zero-order chi connectivity index (χ0) is 7.40. The van der Waals surface area contributed by atoms with E-state index in [0.717, 1.165) is 11.3 Å². The Hall–Kier alpha value is -0.690. The van der Waals surface area contributed by atoms with Crippen LogP contribution in [-0.2, 0) is 5.88 Å². The normalized spacial score (nSPS) is 9.40. The first-order chi connectivity index (χ1) is 4.86. The van der Waals surface area contributed by atoms with Crippen molar-refractivity contribution in [3.8, 4) is 5.75 Å². The van der Waals surface area contributed by atoms with E-state index >= 15 is 0 Å². The van der Waals surface area contributed by atoms with Gasteiger partial charge in [0.15, 0.2) is 0 Å². The van der Waals surface area contributed by atoms with Gasteiger partial charge in [-0.05, 0) is 17.7 Å². The van der Waals surface area contributed by atoms with Gasteiger partial charge in [0.2, 0.25) is 0 Å². The molecule has 0 spiro atoms. The number of halogens is 1. The fourth-order valence-corrected chi connectivity index (χ4v) is 0.819. The van der Waals surface area contributed by atoms with Crippen molar-refractivity contribution in [1.29, 1.82) is 0 Å². The summed E-state index contributed by atoms with van der Waals surface area (Å²) < 4.78 is 4.92. The van der Waals surface area contributed by atoms with Crippen LogP contribution in [0.2, 0.25) is 0 Å². The number of hydrogen-bond acceptors (Lipinski definition) is 1. The molecule has 0 unspecified atom stereocenters. The quantitative estimate of drug-likeness (QED) is 0.596. The Labute approximate surface area is 65.6 Å². The Morgan fingerprint density at radius 3 is 2.80 bits per heavy atom. The van der Waals surface area contributed by atoms with Crippen LogP contribution in [0.1, 0.15) is 5.56 Å². The number of ether oxygens (including phenoxy) is 1. The molecule has 0 amide bonds. The van der Waals surface area contributed by atoms with E-state index in [2.05, 4.69) is 6.07 Å². The van der Waals surface area contributed by atoms with E-state index in [-0.39, 0.29) is 0 Å². The number of alkyl halides is 1. The summed E-state index contributed by atoms with van der Waals surface area (Å²) in [4.78, 5) is 0. The molecule has 1 radical (unpaired) electrons. The summed E-state index contributed by atoms with van der Waals surface area (Å²) in [7, 11) is 1.62. The van der Waals surface area contributed by atoms with Crippen molar-refractivity contribution in [2.45, 2.75) is 5.88 Å². The second-order valence-corrected chi connectivity index (χ2v) is 2.17. The van der Waals surface area contributed by atoms with Crippen LogP contribution >= 0.6 is 11.6 Å². The third-order valence-electron chi connectivity index (χ3n) is 1.22. The summed E-state index contributed by atoms with van der Waals surface area (Å²) in [5.41, 5.74) is 1.06. The van der Waals surface area contributed by atoms with Gasteiger partial charge in [0.1, 0.15) is 5.75 Å². The molecule has 0 saturated carbocycles. The van der Waals surface area contributed by atoms with E-state index in [1.54, 1.807) is 7.11 Å². The molecule has 0 aromatic heterocycles. The molecule has 0 N–H and O–H groups in total. The van der Waals surface area contributed by atoms with Gasteiger partial charge in [-0.3, -0.25) is 0 Å². The lowest BCUT2D eigenvalue weighted by atomic mass is 10.2. The van der Waals surface area contributed by atoms with Crippen molar-refractivity contribution >= 4 is 11.6 Å². The van der Waals surface area contributed by atoms with E-state index in [1.807, 2.05) is 18.2 Å². The molecule has 0 aliphatic heterocycles. The zero-order valence-electron chi connectivity index (χ0n) is 5.73. The largest absolute Gasteiger partial charge is 0.496 e. The van der Waals surface area contributed by atoms with Crippen LogP contribution in [-0.4, -0.2) is 7.11 Å². The SMILES string of the molecule is COc1[c]cc(CCl)cc1. The Bertz CT molecular complexity index is 170. The predicted molar refractivity (Wildman–Crippen MR) is 41.4 cm³/mol. The molecule has 0 atom stereocenters. The summed E-state index contributed by atoms with van der Waals surface area (Å²) in [5.74, 6) is 1.27. The summed E-state index contributed by atoms with van der Waals surface area (Å²) in [5, 5.41) is 0. The van der Waals surface area contributed by atoms with Crippen LogP contribution in [0, 0.1) is 6.07 Å². The standard InChI is InChI=1S/C8H8ClO/c1-10-8-4-2-7(6-9)3-5-8/h2-4H,6H2,1H3. The topological polar surface area (TPSA) is 9.23 Å². The maximum atomic E-state index is 5.56. The number of hydrogen-bond donors (Lipinski definition) is 0. The van der Waals surface area contributed by atoms with Crippen LogP contribution in [0.15, 0.2) is 18.2 Å². The van der Waals surface area contributed by atoms with Crippen molar-refractivity contribution < 1.29 is 4.74 Å².